The average Bonchev–Trinajstić information content (AvgIpc) is 2.77. The smallest absolute Gasteiger partial charge is 0.157 e. The van der Waals surface area contributed by atoms with Crippen molar-refractivity contribution in [3.8, 4) is 0 Å². The summed E-state index contributed by atoms with van der Waals surface area (Å²) >= 11 is 0. The van der Waals surface area contributed by atoms with Gasteiger partial charge in [-0.2, -0.15) is 0 Å². The number of nitrogens with two attached hydrogens (primary N) is 1. The Balaban J connectivity index is 2.07. The van der Waals surface area contributed by atoms with E-state index in [1.54, 1.807) is 0 Å². The van der Waals surface area contributed by atoms with Gasteiger partial charge in [0.25, 0.3) is 0 Å². The zero-order chi connectivity index (χ0) is 18.5. The van der Waals surface area contributed by atoms with Crippen molar-refractivity contribution < 1.29 is 0 Å². The predicted molar refractivity (Wildman–Crippen MR) is 119 cm³/mol. The number of rotatable bonds is 5. The SMILES string of the molecule is NC(c1ccccc1)[P+](c1ccccc1)(c1ccccc1)c1ccccc1. The van der Waals surface area contributed by atoms with E-state index in [1.807, 2.05) is 6.07 Å². The topological polar surface area (TPSA) is 26.0 Å². The Morgan fingerprint density at radius 2 is 0.741 bits per heavy atom. The Kier molecular flexibility index (Phi) is 5.16. The van der Waals surface area contributed by atoms with Crippen LogP contribution >= 0.6 is 7.26 Å². The van der Waals surface area contributed by atoms with Gasteiger partial charge in [0.2, 0.25) is 0 Å². The van der Waals surface area contributed by atoms with Gasteiger partial charge in [0.05, 0.1) is 0 Å². The lowest BCUT2D eigenvalue weighted by Crippen LogP contribution is -2.38. The molecule has 0 aromatic heterocycles. The molecule has 4 rings (SSSR count). The van der Waals surface area contributed by atoms with Crippen LogP contribution in [0.5, 0.6) is 0 Å². The Morgan fingerprint density at radius 3 is 1.07 bits per heavy atom. The minimum Gasteiger partial charge on any atom is -0.292 e. The zero-order valence-corrected chi connectivity index (χ0v) is 16.0. The van der Waals surface area contributed by atoms with Gasteiger partial charge in [-0.25, -0.2) is 0 Å². The Bertz CT molecular complexity index is 873. The molecule has 2 heteroatoms. The van der Waals surface area contributed by atoms with E-state index in [9.17, 15) is 0 Å². The molecule has 0 saturated heterocycles. The van der Waals surface area contributed by atoms with E-state index in [4.69, 9.17) is 5.73 Å². The van der Waals surface area contributed by atoms with Crippen molar-refractivity contribution in [3.63, 3.8) is 0 Å². The van der Waals surface area contributed by atoms with E-state index in [2.05, 4.69) is 115 Å². The molecule has 0 bridgehead atoms. The molecular weight excluding hydrogens is 345 g/mol. The lowest BCUT2D eigenvalue weighted by molar-refractivity contribution is 1.01. The van der Waals surface area contributed by atoms with Gasteiger partial charge in [-0.3, -0.25) is 5.73 Å². The molecule has 0 amide bonds. The normalized spacial score (nSPS) is 12.5. The van der Waals surface area contributed by atoms with Crippen molar-refractivity contribution in [1.82, 2.24) is 0 Å². The summed E-state index contributed by atoms with van der Waals surface area (Å²) in [5.74, 6) is -0.120. The van der Waals surface area contributed by atoms with E-state index in [0.29, 0.717) is 0 Å². The monoisotopic (exact) mass is 368 g/mol. The van der Waals surface area contributed by atoms with E-state index in [1.165, 1.54) is 21.5 Å². The maximum atomic E-state index is 7.12. The summed E-state index contributed by atoms with van der Waals surface area (Å²) in [4.78, 5) is 0. The van der Waals surface area contributed by atoms with Gasteiger partial charge in [-0.1, -0.05) is 84.9 Å². The largest absolute Gasteiger partial charge is 0.292 e. The van der Waals surface area contributed by atoms with Crippen LogP contribution < -0.4 is 21.6 Å². The number of hydrogen-bond acceptors (Lipinski definition) is 1. The average molecular weight is 368 g/mol. The van der Waals surface area contributed by atoms with Gasteiger partial charge in [-0.15, -0.1) is 0 Å². The second kappa shape index (κ2) is 7.88. The molecule has 4 aromatic rings. The van der Waals surface area contributed by atoms with Crippen LogP contribution in [-0.4, -0.2) is 0 Å². The second-order valence-corrected chi connectivity index (χ2v) is 10.1. The molecule has 1 unspecified atom stereocenters. The molecule has 0 aliphatic heterocycles. The maximum Gasteiger partial charge on any atom is 0.157 e. The Morgan fingerprint density at radius 1 is 0.444 bits per heavy atom. The number of hydrogen-bond donors (Lipinski definition) is 1. The summed E-state index contributed by atoms with van der Waals surface area (Å²) < 4.78 is 0. The first-order valence-electron chi connectivity index (χ1n) is 9.19. The highest BCUT2D eigenvalue weighted by Gasteiger charge is 2.51. The minimum absolute atomic E-state index is 0.120. The maximum absolute atomic E-state index is 7.12. The van der Waals surface area contributed by atoms with Crippen molar-refractivity contribution in [2.24, 2.45) is 5.73 Å². The van der Waals surface area contributed by atoms with Crippen LogP contribution in [0.3, 0.4) is 0 Å². The predicted octanol–water partition coefficient (Wildman–Crippen LogP) is 4.64. The van der Waals surface area contributed by atoms with Gasteiger partial charge in [0.1, 0.15) is 23.2 Å². The van der Waals surface area contributed by atoms with Crippen LogP contribution in [0.25, 0.3) is 0 Å². The highest BCUT2D eigenvalue weighted by Crippen LogP contribution is 2.64. The summed E-state index contributed by atoms with van der Waals surface area (Å²) in [6.45, 7) is 0. The molecule has 0 aliphatic rings. The van der Waals surface area contributed by atoms with Crippen molar-refractivity contribution >= 4 is 23.2 Å². The van der Waals surface area contributed by atoms with E-state index >= 15 is 0 Å². The first-order chi connectivity index (χ1) is 13.3. The van der Waals surface area contributed by atoms with E-state index < -0.39 is 7.26 Å². The van der Waals surface area contributed by atoms with Gasteiger partial charge < -0.3 is 0 Å². The number of benzene rings is 4. The molecule has 2 N–H and O–H groups in total. The molecule has 0 spiro atoms. The van der Waals surface area contributed by atoms with Crippen molar-refractivity contribution in [3.05, 3.63) is 127 Å². The summed E-state index contributed by atoms with van der Waals surface area (Å²) in [6, 6.07) is 42.8. The van der Waals surface area contributed by atoms with Crippen LogP contribution in [0.4, 0.5) is 0 Å². The summed E-state index contributed by atoms with van der Waals surface area (Å²) in [5, 5.41) is 3.91. The molecule has 27 heavy (non-hydrogen) atoms. The quantitative estimate of drug-likeness (QED) is 0.510. The summed E-state index contributed by atoms with van der Waals surface area (Å²) in [5.41, 5.74) is 8.29. The van der Waals surface area contributed by atoms with Gasteiger partial charge in [0.15, 0.2) is 5.78 Å². The van der Waals surface area contributed by atoms with Gasteiger partial charge in [0, 0.05) is 5.56 Å². The van der Waals surface area contributed by atoms with E-state index in [0.717, 1.165) is 0 Å². The van der Waals surface area contributed by atoms with Gasteiger partial charge in [-0.05, 0) is 36.4 Å². The van der Waals surface area contributed by atoms with Crippen molar-refractivity contribution in [1.29, 1.82) is 0 Å². The summed E-state index contributed by atoms with van der Waals surface area (Å²) in [6.07, 6.45) is 0. The molecule has 1 atom stereocenters. The van der Waals surface area contributed by atoms with E-state index in [-0.39, 0.29) is 5.78 Å². The zero-order valence-electron chi connectivity index (χ0n) is 15.1. The highest BCUT2D eigenvalue weighted by atomic mass is 31.2. The molecule has 0 aliphatic carbocycles. The van der Waals surface area contributed by atoms with Crippen LogP contribution in [0, 0.1) is 0 Å². The fraction of sp³-hybridized carbons (Fsp3) is 0.0400. The Labute approximate surface area is 161 Å². The fourth-order valence-electron chi connectivity index (χ4n) is 3.79. The second-order valence-electron chi connectivity index (χ2n) is 6.58. The molecule has 4 aromatic carbocycles. The first-order valence-corrected chi connectivity index (χ1v) is 11.1. The first kappa shape index (κ1) is 17.7. The van der Waals surface area contributed by atoms with Crippen LogP contribution in [-0.2, 0) is 0 Å². The molecular formula is C25H23NP+. The molecule has 0 radical (unpaired) electrons. The highest BCUT2D eigenvalue weighted by molar-refractivity contribution is 7.95. The molecule has 0 fully saturated rings. The fourth-order valence-corrected chi connectivity index (χ4v) is 8.20. The van der Waals surface area contributed by atoms with Crippen molar-refractivity contribution in [2.75, 3.05) is 0 Å². The Hall–Kier alpha value is -2.73. The third-order valence-corrected chi connectivity index (χ3v) is 9.52. The standard InChI is InChI=1S/C25H23NP/c26-25(21-13-5-1-6-14-21)27(22-15-7-2-8-16-22,23-17-9-3-10-18-23)24-19-11-4-12-20-24/h1-20,25H,26H2/q+1. The lowest BCUT2D eigenvalue weighted by atomic mass is 10.2. The third-order valence-electron chi connectivity index (χ3n) is 5.05. The van der Waals surface area contributed by atoms with Gasteiger partial charge >= 0.3 is 0 Å². The third kappa shape index (κ3) is 3.21. The molecule has 132 valence electrons. The van der Waals surface area contributed by atoms with Crippen LogP contribution in [0.1, 0.15) is 11.3 Å². The molecule has 0 saturated carbocycles. The lowest BCUT2D eigenvalue weighted by Gasteiger charge is -2.32. The van der Waals surface area contributed by atoms with Crippen molar-refractivity contribution in [2.45, 2.75) is 5.78 Å². The van der Waals surface area contributed by atoms with Crippen LogP contribution in [0.15, 0.2) is 121 Å². The molecule has 1 nitrogen and oxygen atoms in total. The summed E-state index contributed by atoms with van der Waals surface area (Å²) in [7, 11) is -2.09. The minimum atomic E-state index is -2.09. The van der Waals surface area contributed by atoms with Crippen LogP contribution in [0.2, 0.25) is 0 Å². The molecule has 0 heterocycles.